The third-order valence-corrected chi connectivity index (χ3v) is 8.54. The van der Waals surface area contributed by atoms with E-state index in [9.17, 15) is 18.5 Å². The smallest absolute Gasteiger partial charge is 0.256 e. The van der Waals surface area contributed by atoms with Crippen LogP contribution in [0.2, 0.25) is 0 Å². The number of amides is 1. The second-order valence-electron chi connectivity index (χ2n) is 7.83. The molecular formula is C22H27N3O3S2. The molecule has 0 aliphatic heterocycles. The molecule has 30 heavy (non-hydrogen) atoms. The second kappa shape index (κ2) is 9.29. The summed E-state index contributed by atoms with van der Waals surface area (Å²) in [4.78, 5) is 14.1. The van der Waals surface area contributed by atoms with Crippen LogP contribution in [0.1, 0.15) is 59.5 Å². The van der Waals surface area contributed by atoms with Crippen LogP contribution in [0.3, 0.4) is 0 Å². The van der Waals surface area contributed by atoms with Crippen molar-refractivity contribution in [1.29, 1.82) is 5.26 Å². The highest BCUT2D eigenvalue weighted by Gasteiger charge is 2.25. The third-order valence-electron chi connectivity index (χ3n) is 5.50. The molecule has 6 nitrogen and oxygen atoms in total. The lowest BCUT2D eigenvalue weighted by Gasteiger charge is -2.17. The van der Waals surface area contributed by atoms with Gasteiger partial charge in [-0.1, -0.05) is 20.3 Å². The lowest BCUT2D eigenvalue weighted by molar-refractivity contribution is 0.102. The Hall–Kier alpha value is -2.21. The quantitative estimate of drug-likeness (QED) is 0.683. The summed E-state index contributed by atoms with van der Waals surface area (Å²) in [6.45, 7) is 4.66. The fourth-order valence-electron chi connectivity index (χ4n) is 3.59. The zero-order valence-electron chi connectivity index (χ0n) is 17.6. The molecule has 1 atom stereocenters. The molecule has 0 saturated heterocycles. The zero-order chi connectivity index (χ0) is 21.9. The number of hydrogen-bond donors (Lipinski definition) is 1. The van der Waals surface area contributed by atoms with Gasteiger partial charge in [-0.2, -0.15) is 5.26 Å². The maximum Gasteiger partial charge on any atom is 0.256 e. The van der Waals surface area contributed by atoms with Crippen LogP contribution in [-0.2, 0) is 22.9 Å². The summed E-state index contributed by atoms with van der Waals surface area (Å²) in [6, 6.07) is 8.18. The average Bonchev–Trinajstić information content (AvgIpc) is 3.07. The Labute approximate surface area is 182 Å². The van der Waals surface area contributed by atoms with Crippen LogP contribution in [0.4, 0.5) is 5.00 Å². The molecular weight excluding hydrogens is 418 g/mol. The van der Waals surface area contributed by atoms with Gasteiger partial charge in [-0.25, -0.2) is 12.7 Å². The SMILES string of the molecule is CCCCN(C)S(=O)(=O)c1ccc(C(=O)Nc2sc3c(c2C#N)CC[C@H](C)C3)cc1. The minimum absolute atomic E-state index is 0.163. The van der Waals surface area contributed by atoms with E-state index in [4.69, 9.17) is 0 Å². The Kier molecular flexibility index (Phi) is 6.96. The number of carbonyl (C=O) groups is 1. The predicted molar refractivity (Wildman–Crippen MR) is 119 cm³/mol. The first-order valence-electron chi connectivity index (χ1n) is 10.2. The van der Waals surface area contributed by atoms with E-state index in [0.717, 1.165) is 37.7 Å². The number of nitrogens with zero attached hydrogens (tertiary/aromatic N) is 2. The number of nitriles is 1. The van der Waals surface area contributed by atoms with Gasteiger partial charge >= 0.3 is 0 Å². The number of fused-ring (bicyclic) bond motifs is 1. The van der Waals surface area contributed by atoms with Gasteiger partial charge in [-0.3, -0.25) is 4.79 Å². The van der Waals surface area contributed by atoms with E-state index in [1.54, 1.807) is 7.05 Å². The molecule has 0 spiro atoms. The highest BCUT2D eigenvalue weighted by Crippen LogP contribution is 2.39. The summed E-state index contributed by atoms with van der Waals surface area (Å²) in [6.07, 6.45) is 4.55. The summed E-state index contributed by atoms with van der Waals surface area (Å²) in [7, 11) is -2.01. The van der Waals surface area contributed by atoms with Gasteiger partial charge in [0.2, 0.25) is 10.0 Å². The molecule has 1 N–H and O–H groups in total. The number of rotatable bonds is 7. The number of sulfonamides is 1. The summed E-state index contributed by atoms with van der Waals surface area (Å²) in [5.41, 5.74) is 1.98. The number of unbranched alkanes of at least 4 members (excludes halogenated alkanes) is 1. The molecule has 160 valence electrons. The lowest BCUT2D eigenvalue weighted by Crippen LogP contribution is -2.28. The van der Waals surface area contributed by atoms with Gasteiger partial charge < -0.3 is 5.32 Å². The molecule has 0 fully saturated rings. The van der Waals surface area contributed by atoms with E-state index in [0.29, 0.717) is 28.6 Å². The van der Waals surface area contributed by atoms with Crippen molar-refractivity contribution in [3.05, 3.63) is 45.8 Å². The normalized spacial score (nSPS) is 16.2. The summed E-state index contributed by atoms with van der Waals surface area (Å²) >= 11 is 1.48. The average molecular weight is 446 g/mol. The van der Waals surface area contributed by atoms with Crippen molar-refractivity contribution in [3.8, 4) is 6.07 Å². The van der Waals surface area contributed by atoms with Crippen LogP contribution in [0.5, 0.6) is 0 Å². The minimum atomic E-state index is -3.57. The van der Waals surface area contributed by atoms with Crippen molar-refractivity contribution in [2.45, 2.75) is 50.8 Å². The molecule has 3 rings (SSSR count). The number of benzene rings is 1. The van der Waals surface area contributed by atoms with E-state index in [2.05, 4.69) is 18.3 Å². The van der Waals surface area contributed by atoms with Crippen LogP contribution in [-0.4, -0.2) is 32.2 Å². The first-order chi connectivity index (χ1) is 14.3. The van der Waals surface area contributed by atoms with Crippen LogP contribution in [0.25, 0.3) is 0 Å². The molecule has 1 heterocycles. The van der Waals surface area contributed by atoms with E-state index in [-0.39, 0.29) is 10.8 Å². The molecule has 0 bridgehead atoms. The van der Waals surface area contributed by atoms with E-state index >= 15 is 0 Å². The fraction of sp³-hybridized carbons (Fsp3) is 0.455. The summed E-state index contributed by atoms with van der Waals surface area (Å²) in [5, 5.41) is 13.0. The van der Waals surface area contributed by atoms with Crippen LogP contribution >= 0.6 is 11.3 Å². The van der Waals surface area contributed by atoms with E-state index in [1.807, 2.05) is 6.92 Å². The molecule has 8 heteroatoms. The minimum Gasteiger partial charge on any atom is -0.312 e. The van der Waals surface area contributed by atoms with Gasteiger partial charge in [0.15, 0.2) is 0 Å². The number of hydrogen-bond acceptors (Lipinski definition) is 5. The maximum absolute atomic E-state index is 12.7. The molecule has 1 amide bonds. The molecule has 0 saturated carbocycles. The maximum atomic E-state index is 12.7. The van der Waals surface area contributed by atoms with Crippen molar-refractivity contribution in [1.82, 2.24) is 4.31 Å². The monoisotopic (exact) mass is 445 g/mol. The van der Waals surface area contributed by atoms with E-state index < -0.39 is 10.0 Å². The molecule has 1 aromatic heterocycles. The Balaban J connectivity index is 1.77. The molecule has 1 aliphatic carbocycles. The van der Waals surface area contributed by atoms with Gasteiger partial charge in [-0.15, -0.1) is 11.3 Å². The Bertz CT molecular complexity index is 1070. The van der Waals surface area contributed by atoms with Gasteiger partial charge in [-0.05, 0) is 61.4 Å². The number of nitrogens with one attached hydrogen (secondary N) is 1. The summed E-state index contributed by atoms with van der Waals surface area (Å²) < 4.78 is 26.6. The molecule has 1 aliphatic rings. The Morgan fingerprint density at radius 2 is 2.03 bits per heavy atom. The predicted octanol–water partition coefficient (Wildman–Crippen LogP) is 4.42. The highest BCUT2D eigenvalue weighted by molar-refractivity contribution is 7.89. The van der Waals surface area contributed by atoms with Gasteiger partial charge in [0.1, 0.15) is 11.1 Å². The van der Waals surface area contributed by atoms with Crippen molar-refractivity contribution < 1.29 is 13.2 Å². The van der Waals surface area contributed by atoms with Crippen molar-refractivity contribution in [2.24, 2.45) is 5.92 Å². The molecule has 1 aromatic carbocycles. The van der Waals surface area contributed by atoms with Gasteiger partial charge in [0.25, 0.3) is 5.91 Å². The summed E-state index contributed by atoms with van der Waals surface area (Å²) in [5.74, 6) is 0.234. The largest absolute Gasteiger partial charge is 0.312 e. The van der Waals surface area contributed by atoms with Crippen LogP contribution < -0.4 is 5.32 Å². The molecule has 2 aromatic rings. The van der Waals surface area contributed by atoms with Gasteiger partial charge in [0.05, 0.1) is 10.5 Å². The van der Waals surface area contributed by atoms with Crippen LogP contribution in [0.15, 0.2) is 29.2 Å². The van der Waals surface area contributed by atoms with E-state index in [1.165, 1.54) is 44.8 Å². The van der Waals surface area contributed by atoms with Crippen molar-refractivity contribution >= 4 is 32.3 Å². The zero-order valence-corrected chi connectivity index (χ0v) is 19.2. The standard InChI is InChI=1S/C22H27N3O3S2/c1-4-5-12-25(3)30(27,28)17-9-7-16(8-10-17)21(26)24-22-19(14-23)18-11-6-15(2)13-20(18)29-22/h7-10,15H,4-6,11-13H2,1-3H3,(H,24,26)/t15-/m0/s1. The fourth-order valence-corrected chi connectivity index (χ4v) is 6.16. The Morgan fingerprint density at radius 1 is 1.33 bits per heavy atom. The Morgan fingerprint density at radius 3 is 2.67 bits per heavy atom. The second-order valence-corrected chi connectivity index (χ2v) is 11.0. The highest BCUT2D eigenvalue weighted by atomic mass is 32.2. The molecule has 0 unspecified atom stereocenters. The van der Waals surface area contributed by atoms with Crippen LogP contribution in [0, 0.1) is 17.2 Å². The van der Waals surface area contributed by atoms with Crippen molar-refractivity contribution in [2.75, 3.05) is 18.9 Å². The van der Waals surface area contributed by atoms with Crippen molar-refractivity contribution in [3.63, 3.8) is 0 Å². The van der Waals surface area contributed by atoms with Gasteiger partial charge in [0, 0.05) is 24.0 Å². The third kappa shape index (κ3) is 4.59. The number of thiophene rings is 1. The topological polar surface area (TPSA) is 90.3 Å². The first kappa shape index (κ1) is 22.5. The lowest BCUT2D eigenvalue weighted by atomic mass is 9.88. The number of anilines is 1. The number of carbonyl (C=O) groups excluding carboxylic acids is 1. The molecule has 0 radical (unpaired) electrons. The first-order valence-corrected chi connectivity index (χ1v) is 12.5.